The summed E-state index contributed by atoms with van der Waals surface area (Å²) >= 11 is 1.30. The number of hydrogen-bond donors (Lipinski definition) is 0. The van der Waals surface area contributed by atoms with E-state index < -0.39 is 12.0 Å². The second-order valence-electron chi connectivity index (χ2n) is 8.70. The summed E-state index contributed by atoms with van der Waals surface area (Å²) in [5, 5.41) is 0. The van der Waals surface area contributed by atoms with E-state index in [4.69, 9.17) is 14.2 Å². The number of ether oxygens (including phenoxy) is 3. The molecule has 8 heteroatoms. The number of benzene rings is 2. The summed E-state index contributed by atoms with van der Waals surface area (Å²) in [6, 6.07) is 14.4. The van der Waals surface area contributed by atoms with E-state index in [1.165, 1.54) is 11.3 Å². The summed E-state index contributed by atoms with van der Waals surface area (Å²) in [5.41, 5.74) is 2.34. The molecule has 0 amide bonds. The monoisotopic (exact) mass is 520 g/mol. The zero-order chi connectivity index (χ0) is 26.4. The Morgan fingerprint density at radius 2 is 1.76 bits per heavy atom. The first-order valence-electron chi connectivity index (χ1n) is 12.5. The Bertz CT molecular complexity index is 1450. The Hall–Kier alpha value is -3.65. The topological polar surface area (TPSA) is 79.1 Å². The number of unbranched alkanes of at least 4 members (excludes halogenated alkanes) is 2. The van der Waals surface area contributed by atoms with Gasteiger partial charge in [-0.15, -0.1) is 0 Å². The second-order valence-corrected chi connectivity index (χ2v) is 9.71. The second kappa shape index (κ2) is 12.1. The molecule has 194 valence electrons. The summed E-state index contributed by atoms with van der Waals surface area (Å²) < 4.78 is 18.6. The molecular weight excluding hydrogens is 488 g/mol. The van der Waals surface area contributed by atoms with Crippen molar-refractivity contribution in [1.82, 2.24) is 4.57 Å². The first kappa shape index (κ1) is 26.4. The Kier molecular flexibility index (Phi) is 8.61. The minimum atomic E-state index is -0.651. The average Bonchev–Trinajstić information content (AvgIpc) is 3.21. The zero-order valence-electron chi connectivity index (χ0n) is 21.7. The molecule has 0 bridgehead atoms. The molecule has 1 unspecified atom stereocenters. The summed E-state index contributed by atoms with van der Waals surface area (Å²) in [6.07, 6.45) is 5.17. The zero-order valence-corrected chi connectivity index (χ0v) is 22.5. The number of aromatic nitrogens is 1. The van der Waals surface area contributed by atoms with Gasteiger partial charge in [0.1, 0.15) is 11.5 Å². The maximum atomic E-state index is 13.7. The number of nitrogens with zero attached hydrogens (tertiary/aromatic N) is 2. The third-order valence-corrected chi connectivity index (χ3v) is 7.13. The van der Waals surface area contributed by atoms with Gasteiger partial charge in [0.2, 0.25) is 0 Å². The molecule has 0 aliphatic carbocycles. The quantitative estimate of drug-likeness (QED) is 0.293. The summed E-state index contributed by atoms with van der Waals surface area (Å²) in [7, 11) is 1.59. The van der Waals surface area contributed by atoms with Crippen molar-refractivity contribution in [3.8, 4) is 11.5 Å². The normalized spacial score (nSPS) is 15.2. The number of hydrogen-bond acceptors (Lipinski definition) is 7. The van der Waals surface area contributed by atoms with Gasteiger partial charge >= 0.3 is 5.97 Å². The number of rotatable bonds is 10. The van der Waals surface area contributed by atoms with Gasteiger partial charge in [0.05, 0.1) is 42.2 Å². The summed E-state index contributed by atoms with van der Waals surface area (Å²) in [4.78, 5) is 31.8. The van der Waals surface area contributed by atoms with Crippen LogP contribution in [0.4, 0.5) is 0 Å². The van der Waals surface area contributed by atoms with Crippen molar-refractivity contribution in [3.63, 3.8) is 0 Å². The molecule has 4 rings (SSSR count). The Morgan fingerprint density at radius 1 is 1.05 bits per heavy atom. The van der Waals surface area contributed by atoms with Crippen LogP contribution in [0.3, 0.4) is 0 Å². The molecule has 1 atom stereocenters. The Balaban J connectivity index is 1.74. The molecule has 7 nitrogen and oxygen atoms in total. The summed E-state index contributed by atoms with van der Waals surface area (Å²) in [6.45, 7) is 6.62. The highest BCUT2D eigenvalue weighted by Crippen LogP contribution is 2.31. The minimum absolute atomic E-state index is 0.209. The van der Waals surface area contributed by atoms with Crippen LogP contribution < -0.4 is 24.4 Å². The average molecular weight is 521 g/mol. The molecule has 2 heterocycles. The Morgan fingerprint density at radius 3 is 2.41 bits per heavy atom. The molecule has 37 heavy (non-hydrogen) atoms. The number of methoxy groups -OCH3 is 1. The fourth-order valence-electron chi connectivity index (χ4n) is 4.25. The smallest absolute Gasteiger partial charge is 0.338 e. The van der Waals surface area contributed by atoms with E-state index >= 15 is 0 Å². The van der Waals surface area contributed by atoms with E-state index in [1.807, 2.05) is 54.6 Å². The summed E-state index contributed by atoms with van der Waals surface area (Å²) in [5.74, 6) is 1.02. The number of carbonyl (C=O) groups excluding carboxylic acids is 1. The van der Waals surface area contributed by atoms with Gasteiger partial charge in [-0.3, -0.25) is 9.36 Å². The lowest BCUT2D eigenvalue weighted by Crippen LogP contribution is -2.39. The number of carbonyl (C=O) groups is 1. The van der Waals surface area contributed by atoms with Crippen LogP contribution in [0.15, 0.2) is 69.6 Å². The predicted octanol–water partition coefficient (Wildman–Crippen LogP) is 4.38. The van der Waals surface area contributed by atoms with E-state index in [2.05, 4.69) is 11.9 Å². The standard InChI is InChI=1S/C29H32N2O5S/c1-5-7-8-17-36-23-13-9-20(10-14-23)18-24-27(32)31-26(21-11-15-22(34-4)16-12-21)25(28(33)35-6-2)19(3)30-29(31)37-24/h9-16,18,26H,5-8,17H2,1-4H3/b24-18-. The highest BCUT2D eigenvalue weighted by molar-refractivity contribution is 7.07. The van der Waals surface area contributed by atoms with Crippen LogP contribution in [-0.4, -0.2) is 30.9 Å². The van der Waals surface area contributed by atoms with Crippen molar-refractivity contribution in [1.29, 1.82) is 0 Å². The maximum absolute atomic E-state index is 13.7. The van der Waals surface area contributed by atoms with Gasteiger partial charge in [-0.25, -0.2) is 9.79 Å². The molecule has 0 fully saturated rings. The maximum Gasteiger partial charge on any atom is 0.338 e. The van der Waals surface area contributed by atoms with Crippen molar-refractivity contribution in [3.05, 3.63) is 90.6 Å². The van der Waals surface area contributed by atoms with E-state index in [0.717, 1.165) is 36.1 Å². The SMILES string of the molecule is CCCCCOc1ccc(/C=c2\sc3n(c2=O)C(c2ccc(OC)cc2)C(C(=O)OCC)=C(C)N=3)cc1. The molecule has 0 saturated carbocycles. The molecular formula is C29H32N2O5S. The van der Waals surface area contributed by atoms with Crippen LogP contribution >= 0.6 is 11.3 Å². The van der Waals surface area contributed by atoms with Crippen LogP contribution in [0.1, 0.15) is 57.2 Å². The lowest BCUT2D eigenvalue weighted by Gasteiger charge is -2.24. The van der Waals surface area contributed by atoms with Gasteiger partial charge in [-0.2, -0.15) is 0 Å². The number of thiazole rings is 1. The molecule has 0 radical (unpaired) electrons. The van der Waals surface area contributed by atoms with Gasteiger partial charge < -0.3 is 14.2 Å². The highest BCUT2D eigenvalue weighted by atomic mass is 32.1. The number of esters is 1. The first-order chi connectivity index (χ1) is 18.0. The van der Waals surface area contributed by atoms with Crippen molar-refractivity contribution in [2.75, 3.05) is 20.3 Å². The van der Waals surface area contributed by atoms with Crippen molar-refractivity contribution >= 4 is 23.4 Å². The van der Waals surface area contributed by atoms with Crippen molar-refractivity contribution in [2.45, 2.75) is 46.1 Å². The Labute approximate surface area is 220 Å². The first-order valence-corrected chi connectivity index (χ1v) is 13.3. The minimum Gasteiger partial charge on any atom is -0.497 e. The molecule has 0 N–H and O–H groups in total. The largest absolute Gasteiger partial charge is 0.497 e. The van der Waals surface area contributed by atoms with E-state index in [9.17, 15) is 9.59 Å². The van der Waals surface area contributed by atoms with Crippen LogP contribution in [0.2, 0.25) is 0 Å². The molecule has 1 aliphatic rings. The lowest BCUT2D eigenvalue weighted by molar-refractivity contribution is -0.139. The van der Waals surface area contributed by atoms with E-state index in [-0.39, 0.29) is 12.2 Å². The van der Waals surface area contributed by atoms with Gasteiger partial charge in [0, 0.05) is 0 Å². The molecule has 0 saturated heterocycles. The third-order valence-electron chi connectivity index (χ3n) is 6.14. The van der Waals surface area contributed by atoms with E-state index in [1.54, 1.807) is 25.5 Å². The fraction of sp³-hybridized carbons (Fsp3) is 0.345. The van der Waals surface area contributed by atoms with Gasteiger partial charge in [-0.05, 0) is 61.7 Å². The van der Waals surface area contributed by atoms with Crippen LogP contribution in [0.25, 0.3) is 6.08 Å². The van der Waals surface area contributed by atoms with E-state index in [0.29, 0.717) is 33.0 Å². The molecule has 0 spiro atoms. The third kappa shape index (κ3) is 5.85. The number of allylic oxidation sites excluding steroid dienone is 1. The van der Waals surface area contributed by atoms with Gasteiger partial charge in [0.25, 0.3) is 5.56 Å². The molecule has 1 aliphatic heterocycles. The van der Waals surface area contributed by atoms with Crippen LogP contribution in [0, 0.1) is 0 Å². The van der Waals surface area contributed by atoms with Crippen molar-refractivity contribution < 1.29 is 19.0 Å². The van der Waals surface area contributed by atoms with Gasteiger partial charge in [-0.1, -0.05) is 55.4 Å². The predicted molar refractivity (Wildman–Crippen MR) is 145 cm³/mol. The van der Waals surface area contributed by atoms with Crippen LogP contribution in [-0.2, 0) is 9.53 Å². The van der Waals surface area contributed by atoms with Crippen molar-refractivity contribution in [2.24, 2.45) is 4.99 Å². The molecule has 1 aromatic heterocycles. The van der Waals surface area contributed by atoms with Gasteiger partial charge in [0.15, 0.2) is 4.80 Å². The lowest BCUT2D eigenvalue weighted by atomic mass is 9.96. The molecule has 2 aromatic carbocycles. The number of fused-ring (bicyclic) bond motifs is 1. The molecule has 3 aromatic rings. The van der Waals surface area contributed by atoms with Crippen LogP contribution in [0.5, 0.6) is 11.5 Å². The fourth-order valence-corrected chi connectivity index (χ4v) is 5.29. The highest BCUT2D eigenvalue weighted by Gasteiger charge is 2.33.